The summed E-state index contributed by atoms with van der Waals surface area (Å²) in [6.45, 7) is 0. The van der Waals surface area contributed by atoms with Crippen LogP contribution in [0, 0.1) is 11.6 Å². The molecule has 5 nitrogen and oxygen atoms in total. The SMILES string of the molecule is O=S(=O)(Nc1ccc(B(O)O)cc1)c1cc(F)ccc1F. The minimum Gasteiger partial charge on any atom is -0.423 e. The van der Waals surface area contributed by atoms with Gasteiger partial charge in [0.25, 0.3) is 10.0 Å². The van der Waals surface area contributed by atoms with E-state index in [4.69, 9.17) is 10.0 Å². The normalized spacial score (nSPS) is 11.2. The second-order valence-electron chi connectivity index (χ2n) is 4.18. The Hall–Kier alpha value is -1.97. The molecule has 0 aromatic heterocycles. The predicted octanol–water partition coefficient (Wildman–Crippen LogP) is 0.445. The number of anilines is 1. The highest BCUT2D eigenvalue weighted by atomic mass is 32.2. The maximum Gasteiger partial charge on any atom is 0.488 e. The fourth-order valence-electron chi connectivity index (χ4n) is 1.62. The Kier molecular flexibility index (Phi) is 4.26. The zero-order valence-electron chi connectivity index (χ0n) is 10.5. The highest BCUT2D eigenvalue weighted by Gasteiger charge is 2.20. The van der Waals surface area contributed by atoms with Gasteiger partial charge in [-0.3, -0.25) is 4.72 Å². The van der Waals surface area contributed by atoms with Gasteiger partial charge in [0.2, 0.25) is 0 Å². The lowest BCUT2D eigenvalue weighted by Crippen LogP contribution is -2.29. The van der Waals surface area contributed by atoms with Crippen molar-refractivity contribution in [1.29, 1.82) is 0 Å². The molecule has 0 saturated heterocycles. The molecule has 0 saturated carbocycles. The van der Waals surface area contributed by atoms with E-state index >= 15 is 0 Å². The number of rotatable bonds is 4. The first-order valence-corrected chi connectivity index (χ1v) is 7.22. The fourth-order valence-corrected chi connectivity index (χ4v) is 2.77. The van der Waals surface area contributed by atoms with E-state index in [1.807, 2.05) is 0 Å². The first-order valence-electron chi connectivity index (χ1n) is 5.73. The average molecular weight is 313 g/mol. The van der Waals surface area contributed by atoms with Gasteiger partial charge in [-0.25, -0.2) is 17.2 Å². The molecule has 2 aromatic rings. The topological polar surface area (TPSA) is 86.6 Å². The van der Waals surface area contributed by atoms with Gasteiger partial charge in [0.05, 0.1) is 0 Å². The van der Waals surface area contributed by atoms with Crippen LogP contribution in [0.2, 0.25) is 0 Å². The molecule has 0 aliphatic rings. The third kappa shape index (κ3) is 3.57. The third-order valence-electron chi connectivity index (χ3n) is 2.64. The van der Waals surface area contributed by atoms with Gasteiger partial charge in [0, 0.05) is 5.69 Å². The first-order chi connectivity index (χ1) is 9.79. The summed E-state index contributed by atoms with van der Waals surface area (Å²) in [5.41, 5.74) is 0.234. The minimum atomic E-state index is -4.29. The lowest BCUT2D eigenvalue weighted by atomic mass is 9.80. The van der Waals surface area contributed by atoms with Crippen molar-refractivity contribution in [3.63, 3.8) is 0 Å². The van der Waals surface area contributed by atoms with E-state index in [0.717, 1.165) is 12.1 Å². The molecule has 0 heterocycles. The molecule has 2 aromatic carbocycles. The molecule has 2 rings (SSSR count). The summed E-state index contributed by atoms with van der Waals surface area (Å²) in [6.07, 6.45) is 0. The molecule has 3 N–H and O–H groups in total. The fraction of sp³-hybridized carbons (Fsp3) is 0. The number of nitrogens with one attached hydrogen (secondary N) is 1. The highest BCUT2D eigenvalue weighted by molar-refractivity contribution is 7.92. The van der Waals surface area contributed by atoms with Crippen molar-refractivity contribution < 1.29 is 27.2 Å². The lowest BCUT2D eigenvalue weighted by Gasteiger charge is -2.09. The molecule has 9 heteroatoms. The average Bonchev–Trinajstić information content (AvgIpc) is 2.41. The summed E-state index contributed by atoms with van der Waals surface area (Å²) in [7, 11) is -5.97. The maximum absolute atomic E-state index is 13.5. The number of sulfonamides is 1. The largest absolute Gasteiger partial charge is 0.488 e. The molecule has 0 radical (unpaired) electrons. The van der Waals surface area contributed by atoms with E-state index in [2.05, 4.69) is 4.72 Å². The van der Waals surface area contributed by atoms with Crippen molar-refractivity contribution in [3.8, 4) is 0 Å². The molecule has 21 heavy (non-hydrogen) atoms. The lowest BCUT2D eigenvalue weighted by molar-refractivity contribution is 0.426. The molecular formula is C12H10BF2NO4S. The standard InChI is InChI=1S/C12H10BF2NO4S/c14-9-3-6-11(15)12(7-9)21(19,20)16-10-4-1-8(2-5-10)13(17)18/h1-7,16-18H. The van der Waals surface area contributed by atoms with E-state index in [-0.39, 0.29) is 11.2 Å². The Morgan fingerprint density at radius 1 is 1.00 bits per heavy atom. The second kappa shape index (κ2) is 5.80. The smallest absolute Gasteiger partial charge is 0.423 e. The Labute approximate surface area is 120 Å². The molecule has 0 atom stereocenters. The minimum absolute atomic E-state index is 0.0723. The van der Waals surface area contributed by atoms with Crippen LogP contribution < -0.4 is 10.2 Å². The number of hydrogen-bond donors (Lipinski definition) is 3. The predicted molar refractivity (Wildman–Crippen MR) is 73.4 cm³/mol. The van der Waals surface area contributed by atoms with Gasteiger partial charge in [0.15, 0.2) is 0 Å². The Bertz CT molecular complexity index is 750. The zero-order valence-corrected chi connectivity index (χ0v) is 11.3. The van der Waals surface area contributed by atoms with Crippen molar-refractivity contribution >= 4 is 28.3 Å². The van der Waals surface area contributed by atoms with Crippen LogP contribution >= 0.6 is 0 Å². The first kappa shape index (κ1) is 15.4. The summed E-state index contributed by atoms with van der Waals surface area (Å²) in [5.74, 6) is -1.96. The third-order valence-corrected chi connectivity index (χ3v) is 4.04. The maximum atomic E-state index is 13.5. The van der Waals surface area contributed by atoms with Gasteiger partial charge in [0.1, 0.15) is 16.5 Å². The van der Waals surface area contributed by atoms with Crippen LogP contribution in [0.1, 0.15) is 0 Å². The van der Waals surface area contributed by atoms with Gasteiger partial charge in [-0.1, -0.05) is 12.1 Å². The van der Waals surface area contributed by atoms with Gasteiger partial charge in [-0.05, 0) is 35.8 Å². The van der Waals surface area contributed by atoms with E-state index in [0.29, 0.717) is 6.07 Å². The van der Waals surface area contributed by atoms with Crippen molar-refractivity contribution in [2.45, 2.75) is 4.90 Å². The molecule has 0 fully saturated rings. The molecular weight excluding hydrogens is 303 g/mol. The van der Waals surface area contributed by atoms with Crippen molar-refractivity contribution in [2.75, 3.05) is 4.72 Å². The molecule has 0 bridgehead atoms. The molecule has 0 amide bonds. The summed E-state index contributed by atoms with van der Waals surface area (Å²) in [4.78, 5) is -0.811. The number of hydrogen-bond acceptors (Lipinski definition) is 4. The van der Waals surface area contributed by atoms with Gasteiger partial charge in [-0.2, -0.15) is 0 Å². The zero-order chi connectivity index (χ0) is 15.6. The molecule has 0 spiro atoms. The van der Waals surface area contributed by atoms with Crippen LogP contribution in [0.15, 0.2) is 47.4 Å². The van der Waals surface area contributed by atoms with E-state index < -0.39 is 33.7 Å². The van der Waals surface area contributed by atoms with Crippen molar-refractivity contribution in [2.24, 2.45) is 0 Å². The molecule has 0 aliphatic heterocycles. The monoisotopic (exact) mass is 313 g/mol. The Morgan fingerprint density at radius 3 is 2.19 bits per heavy atom. The van der Waals surface area contributed by atoms with Gasteiger partial charge < -0.3 is 10.0 Å². The van der Waals surface area contributed by atoms with E-state index in [1.165, 1.54) is 24.3 Å². The summed E-state index contributed by atoms with van der Waals surface area (Å²) >= 11 is 0. The van der Waals surface area contributed by atoms with Crippen LogP contribution in [0.4, 0.5) is 14.5 Å². The van der Waals surface area contributed by atoms with E-state index in [1.54, 1.807) is 0 Å². The van der Waals surface area contributed by atoms with Crippen LogP contribution in [0.3, 0.4) is 0 Å². The Morgan fingerprint density at radius 2 is 1.62 bits per heavy atom. The number of benzene rings is 2. The molecule has 0 aliphatic carbocycles. The van der Waals surface area contributed by atoms with E-state index in [9.17, 15) is 17.2 Å². The second-order valence-corrected chi connectivity index (χ2v) is 5.83. The van der Waals surface area contributed by atoms with Crippen molar-refractivity contribution in [1.82, 2.24) is 0 Å². The van der Waals surface area contributed by atoms with Gasteiger partial charge >= 0.3 is 7.12 Å². The van der Waals surface area contributed by atoms with Gasteiger partial charge in [-0.15, -0.1) is 0 Å². The van der Waals surface area contributed by atoms with Crippen LogP contribution in [-0.2, 0) is 10.0 Å². The quantitative estimate of drug-likeness (QED) is 0.715. The Balaban J connectivity index is 2.31. The number of halogens is 2. The van der Waals surface area contributed by atoms with Crippen LogP contribution in [0.5, 0.6) is 0 Å². The van der Waals surface area contributed by atoms with Crippen LogP contribution in [0.25, 0.3) is 0 Å². The van der Waals surface area contributed by atoms with Crippen molar-refractivity contribution in [3.05, 3.63) is 54.1 Å². The summed E-state index contributed by atoms with van der Waals surface area (Å²) in [5, 5.41) is 17.8. The highest BCUT2D eigenvalue weighted by Crippen LogP contribution is 2.19. The molecule has 110 valence electrons. The summed E-state index contributed by atoms with van der Waals surface area (Å²) in [6, 6.07) is 7.20. The summed E-state index contributed by atoms with van der Waals surface area (Å²) < 4.78 is 52.6. The molecule has 0 unspecified atom stereocenters. The van der Waals surface area contributed by atoms with Crippen LogP contribution in [-0.4, -0.2) is 25.6 Å².